The Hall–Kier alpha value is 0.1000. The van der Waals surface area contributed by atoms with Crippen LogP contribution in [0.5, 0.6) is 0 Å². The van der Waals surface area contributed by atoms with E-state index in [1.807, 2.05) is 0 Å². The Bertz CT molecular complexity index is 363. The van der Waals surface area contributed by atoms with Gasteiger partial charge in [0.2, 0.25) is 0 Å². The number of hydrogen-bond donors (Lipinski definition) is 0. The fourth-order valence-corrected chi connectivity index (χ4v) is 0.744. The third-order valence-corrected chi connectivity index (χ3v) is 2.07. The van der Waals surface area contributed by atoms with Crippen LogP contribution in [0, 0.1) is 0 Å². The van der Waals surface area contributed by atoms with E-state index < -0.39 is 40.3 Å². The van der Waals surface area contributed by atoms with Crippen LogP contribution in [0.4, 0.5) is 17.6 Å². The summed E-state index contributed by atoms with van der Waals surface area (Å²) in [4.78, 5) is 10.5. The fraction of sp³-hybridized carbons (Fsp3) is 0.833. The molecule has 0 unspecified atom stereocenters. The summed E-state index contributed by atoms with van der Waals surface area (Å²) in [5, 5.41) is -4.83. The SMILES string of the molecule is CC(F)(F)CC(=O)OCC(F)(F)S(=O)(=O)[O-].[Na+]. The molecular weight excluding hydrogens is 283 g/mol. The van der Waals surface area contributed by atoms with Crippen molar-refractivity contribution < 1.29 is 69.6 Å². The van der Waals surface area contributed by atoms with Crippen molar-refractivity contribution in [1.29, 1.82) is 0 Å². The van der Waals surface area contributed by atoms with Gasteiger partial charge in [-0.05, 0) is 6.92 Å². The van der Waals surface area contributed by atoms with Crippen molar-refractivity contribution in [2.45, 2.75) is 24.5 Å². The van der Waals surface area contributed by atoms with Crippen LogP contribution >= 0.6 is 0 Å². The molecule has 0 bridgehead atoms. The Kier molecular flexibility index (Phi) is 7.23. The summed E-state index contributed by atoms with van der Waals surface area (Å²) in [5.74, 6) is -5.20. The normalized spacial score (nSPS) is 12.8. The van der Waals surface area contributed by atoms with Crippen molar-refractivity contribution in [2.75, 3.05) is 6.61 Å². The molecule has 5 nitrogen and oxygen atoms in total. The second kappa shape index (κ2) is 6.32. The van der Waals surface area contributed by atoms with E-state index in [2.05, 4.69) is 4.74 Å². The molecule has 0 atom stereocenters. The van der Waals surface area contributed by atoms with Crippen molar-refractivity contribution in [1.82, 2.24) is 0 Å². The second-order valence-corrected chi connectivity index (χ2v) is 4.50. The predicted octanol–water partition coefficient (Wildman–Crippen LogP) is -2.28. The Balaban J connectivity index is 0. The maximum atomic E-state index is 12.4. The standard InChI is InChI=1S/C6H8F4O5S.Na/c1-5(7,8)2-4(11)15-3-6(9,10)16(12,13)14;/h2-3H2,1H3,(H,12,13,14);/q;+1/p-1. The van der Waals surface area contributed by atoms with Gasteiger partial charge in [-0.1, -0.05) is 0 Å². The van der Waals surface area contributed by atoms with Crippen LogP contribution in [-0.4, -0.2) is 36.7 Å². The molecule has 0 aromatic carbocycles. The molecule has 0 aromatic rings. The van der Waals surface area contributed by atoms with E-state index in [9.17, 15) is 35.3 Å². The van der Waals surface area contributed by atoms with Gasteiger partial charge in [-0.25, -0.2) is 17.2 Å². The van der Waals surface area contributed by atoms with Crippen LogP contribution in [0.3, 0.4) is 0 Å². The Morgan fingerprint density at radius 1 is 1.29 bits per heavy atom. The average Bonchev–Trinajstić information content (AvgIpc) is 1.95. The number of hydrogen-bond acceptors (Lipinski definition) is 5. The van der Waals surface area contributed by atoms with Crippen LogP contribution in [0.1, 0.15) is 13.3 Å². The van der Waals surface area contributed by atoms with E-state index in [-0.39, 0.29) is 29.6 Å². The number of ether oxygens (including phenoxy) is 1. The number of halogens is 4. The van der Waals surface area contributed by atoms with Crippen LogP contribution in [0.2, 0.25) is 0 Å². The van der Waals surface area contributed by atoms with E-state index in [1.54, 1.807) is 0 Å². The number of rotatable bonds is 5. The molecule has 0 saturated carbocycles. The van der Waals surface area contributed by atoms with Gasteiger partial charge in [0.05, 0.1) is 0 Å². The molecule has 0 amide bonds. The third-order valence-electron chi connectivity index (χ3n) is 1.22. The summed E-state index contributed by atoms with van der Waals surface area (Å²) in [6.45, 7) is -1.73. The molecule has 0 aliphatic carbocycles. The maximum Gasteiger partial charge on any atom is 1.00 e. The van der Waals surface area contributed by atoms with Gasteiger partial charge in [0, 0.05) is 0 Å². The summed E-state index contributed by atoms with van der Waals surface area (Å²) in [6, 6.07) is 0. The molecule has 0 rings (SSSR count). The minimum Gasteiger partial charge on any atom is -0.743 e. The topological polar surface area (TPSA) is 83.5 Å². The Labute approximate surface area is 117 Å². The van der Waals surface area contributed by atoms with Gasteiger partial charge in [-0.15, -0.1) is 0 Å². The molecule has 0 aliphatic heterocycles. The third kappa shape index (κ3) is 7.92. The minimum absolute atomic E-state index is 0. The molecule has 0 N–H and O–H groups in total. The van der Waals surface area contributed by atoms with Gasteiger partial charge in [-0.2, -0.15) is 8.78 Å². The summed E-state index contributed by atoms with van der Waals surface area (Å²) in [5.41, 5.74) is 0. The van der Waals surface area contributed by atoms with Gasteiger partial charge in [0.25, 0.3) is 5.92 Å². The van der Waals surface area contributed by atoms with Crippen molar-refractivity contribution in [3.8, 4) is 0 Å². The first-order valence-corrected chi connectivity index (χ1v) is 5.13. The first-order valence-electron chi connectivity index (χ1n) is 3.72. The quantitative estimate of drug-likeness (QED) is 0.246. The zero-order valence-electron chi connectivity index (χ0n) is 8.88. The van der Waals surface area contributed by atoms with Gasteiger partial charge >= 0.3 is 40.8 Å². The molecule has 17 heavy (non-hydrogen) atoms. The predicted molar refractivity (Wildman–Crippen MR) is 40.8 cm³/mol. The van der Waals surface area contributed by atoms with Gasteiger partial charge in [0.1, 0.15) is 6.42 Å². The Morgan fingerprint density at radius 3 is 2.00 bits per heavy atom. The number of carbonyl (C=O) groups excluding carboxylic acids is 1. The molecule has 0 aliphatic rings. The van der Waals surface area contributed by atoms with Crippen molar-refractivity contribution in [2.24, 2.45) is 0 Å². The molecule has 0 aromatic heterocycles. The van der Waals surface area contributed by atoms with E-state index in [1.165, 1.54) is 0 Å². The molecule has 0 radical (unpaired) electrons. The summed E-state index contributed by atoms with van der Waals surface area (Å²) < 4.78 is 82.3. The second-order valence-electron chi connectivity index (χ2n) is 3.00. The van der Waals surface area contributed by atoms with Gasteiger partial charge in [-0.3, -0.25) is 4.79 Å². The van der Waals surface area contributed by atoms with Gasteiger partial charge < -0.3 is 9.29 Å². The van der Waals surface area contributed by atoms with E-state index in [0.29, 0.717) is 6.92 Å². The van der Waals surface area contributed by atoms with E-state index >= 15 is 0 Å². The summed E-state index contributed by atoms with van der Waals surface area (Å²) in [7, 11) is -5.99. The molecule has 0 saturated heterocycles. The van der Waals surface area contributed by atoms with Crippen LogP contribution < -0.4 is 29.6 Å². The molecule has 11 heteroatoms. The zero-order valence-corrected chi connectivity index (χ0v) is 11.7. The monoisotopic (exact) mass is 290 g/mol. The number of esters is 1. The number of carbonyl (C=O) groups is 1. The van der Waals surface area contributed by atoms with Crippen LogP contribution in [0.15, 0.2) is 0 Å². The molecular formula is C6H7F4NaO5S. The largest absolute Gasteiger partial charge is 1.00 e. The number of alkyl halides is 4. The first-order chi connectivity index (χ1) is 6.85. The van der Waals surface area contributed by atoms with Crippen molar-refractivity contribution in [3.63, 3.8) is 0 Å². The zero-order chi connectivity index (χ0) is 13.2. The summed E-state index contributed by atoms with van der Waals surface area (Å²) in [6.07, 6.45) is -1.48. The van der Waals surface area contributed by atoms with Crippen molar-refractivity contribution in [3.05, 3.63) is 0 Å². The molecule has 96 valence electrons. The minimum atomic E-state index is -5.99. The van der Waals surface area contributed by atoms with E-state index in [0.717, 1.165) is 0 Å². The van der Waals surface area contributed by atoms with Gasteiger partial charge in [0.15, 0.2) is 16.7 Å². The smallest absolute Gasteiger partial charge is 0.743 e. The Morgan fingerprint density at radius 2 is 1.71 bits per heavy atom. The van der Waals surface area contributed by atoms with Crippen LogP contribution in [-0.2, 0) is 19.6 Å². The van der Waals surface area contributed by atoms with Crippen LogP contribution in [0.25, 0.3) is 0 Å². The average molecular weight is 290 g/mol. The first kappa shape index (κ1) is 19.4. The van der Waals surface area contributed by atoms with E-state index in [4.69, 9.17) is 0 Å². The maximum absolute atomic E-state index is 12.4. The molecule has 0 fully saturated rings. The fourth-order valence-electron chi connectivity index (χ4n) is 0.541. The molecule has 0 spiro atoms. The molecule has 0 heterocycles. The summed E-state index contributed by atoms with van der Waals surface area (Å²) >= 11 is 0. The van der Waals surface area contributed by atoms with Crippen molar-refractivity contribution >= 4 is 16.1 Å².